The predicted molar refractivity (Wildman–Crippen MR) is 116 cm³/mol. The minimum Gasteiger partial charge on any atom is -0.391 e. The Hall–Kier alpha value is -3.40. The van der Waals surface area contributed by atoms with Crippen LogP contribution in [0.15, 0.2) is 54.3 Å². The smallest absolute Gasteiger partial charge is 0.260 e. The summed E-state index contributed by atoms with van der Waals surface area (Å²) in [6.45, 7) is 3.85. The van der Waals surface area contributed by atoms with Gasteiger partial charge in [-0.3, -0.25) is 4.79 Å². The molecule has 0 bridgehead atoms. The van der Waals surface area contributed by atoms with Crippen LogP contribution in [0.2, 0.25) is 0 Å². The zero-order chi connectivity index (χ0) is 22.9. The minimum atomic E-state index is -2.94. The van der Waals surface area contributed by atoms with Gasteiger partial charge in [0.05, 0.1) is 23.5 Å². The molecule has 2 aromatic rings. The zero-order valence-corrected chi connectivity index (χ0v) is 17.6. The Kier molecular flexibility index (Phi) is 5.88. The molecule has 1 aliphatic heterocycles. The number of hydrogen-bond acceptors (Lipinski definition) is 7. The summed E-state index contributed by atoms with van der Waals surface area (Å²) in [5, 5.41) is 18.9. The fourth-order valence-corrected chi connectivity index (χ4v) is 3.43. The highest BCUT2D eigenvalue weighted by molar-refractivity contribution is 5.95. The molecule has 0 spiro atoms. The number of aliphatic hydroxyl groups excluding tert-OH is 1. The number of nitrogens with one attached hydrogen (secondary N) is 3. The number of halogens is 2. The van der Waals surface area contributed by atoms with Crippen LogP contribution in [0.3, 0.4) is 0 Å². The first-order valence-electron chi connectivity index (χ1n) is 10.3. The average Bonchev–Trinajstić information content (AvgIpc) is 3.43. The molecular weight excluding hydrogens is 418 g/mol. The monoisotopic (exact) mass is 442 g/mol. The van der Waals surface area contributed by atoms with Crippen LogP contribution in [0.25, 0.3) is 11.3 Å². The molecule has 1 fully saturated rings. The number of carbonyl (C=O) groups excluding carboxylic acids is 1. The van der Waals surface area contributed by atoms with E-state index in [1.807, 2.05) is 19.9 Å². The van der Waals surface area contributed by atoms with Gasteiger partial charge < -0.3 is 21.1 Å². The molecule has 1 saturated carbocycles. The lowest BCUT2D eigenvalue weighted by atomic mass is 10.0. The van der Waals surface area contributed by atoms with Gasteiger partial charge in [0.25, 0.3) is 5.92 Å². The number of aliphatic hydroxyl groups is 1. The highest BCUT2D eigenvalue weighted by Gasteiger charge is 2.61. The number of nitrogens with zero attached hydrogens (tertiary/aromatic N) is 3. The first kappa shape index (κ1) is 21.8. The second kappa shape index (κ2) is 8.62. The van der Waals surface area contributed by atoms with Crippen molar-refractivity contribution in [1.29, 1.82) is 0 Å². The SMILES string of the molecule is CCC(O)C1C=C(C)C(Nc2ncccc2-c2cc(NC(=O)C3CC3(F)F)ncn2)=CN1. The van der Waals surface area contributed by atoms with Crippen molar-refractivity contribution in [2.45, 2.75) is 44.8 Å². The molecule has 0 radical (unpaired) electrons. The lowest BCUT2D eigenvalue weighted by Gasteiger charge is -2.26. The van der Waals surface area contributed by atoms with Crippen LogP contribution in [0.5, 0.6) is 0 Å². The van der Waals surface area contributed by atoms with E-state index in [-0.39, 0.29) is 11.9 Å². The van der Waals surface area contributed by atoms with Crippen LogP contribution in [0.4, 0.5) is 20.4 Å². The summed E-state index contributed by atoms with van der Waals surface area (Å²) in [5.74, 6) is -4.35. The highest BCUT2D eigenvalue weighted by atomic mass is 19.3. The van der Waals surface area contributed by atoms with E-state index < -0.39 is 30.3 Å². The van der Waals surface area contributed by atoms with Gasteiger partial charge >= 0.3 is 0 Å². The number of pyridine rings is 1. The Morgan fingerprint density at radius 3 is 2.84 bits per heavy atom. The van der Waals surface area contributed by atoms with E-state index in [1.54, 1.807) is 24.5 Å². The molecule has 4 N–H and O–H groups in total. The molecule has 10 heteroatoms. The Bertz CT molecular complexity index is 1090. The molecule has 2 aromatic heterocycles. The second-order valence-electron chi connectivity index (χ2n) is 7.90. The second-order valence-corrected chi connectivity index (χ2v) is 7.90. The quantitative estimate of drug-likeness (QED) is 0.521. The van der Waals surface area contributed by atoms with Crippen LogP contribution in [0, 0.1) is 5.92 Å². The van der Waals surface area contributed by atoms with Crippen molar-refractivity contribution in [3.05, 3.63) is 54.3 Å². The average molecular weight is 442 g/mol. The standard InChI is InChI=1S/C22H24F2N6O2/c1-3-18(31)16-7-12(2)17(10-26-16)29-20-13(5-4-6-25-20)15-8-19(28-11-27-15)30-21(32)14-9-22(14,23)24/h4-8,10-11,14,16,18,26,31H,3,9H2,1-2H3,(H,25,29)(H,27,28,30,32). The van der Waals surface area contributed by atoms with Gasteiger partial charge in [0.15, 0.2) is 0 Å². The van der Waals surface area contributed by atoms with Gasteiger partial charge in [0.1, 0.15) is 23.9 Å². The fourth-order valence-electron chi connectivity index (χ4n) is 3.43. The van der Waals surface area contributed by atoms with E-state index in [0.29, 0.717) is 23.5 Å². The van der Waals surface area contributed by atoms with Gasteiger partial charge in [0, 0.05) is 30.4 Å². The molecule has 3 unspecified atom stereocenters. The normalized spacial score (nSPS) is 22.2. The molecule has 1 amide bonds. The van der Waals surface area contributed by atoms with Gasteiger partial charge in [0.2, 0.25) is 5.91 Å². The number of alkyl halides is 2. The molecular formula is C22H24F2N6O2. The molecule has 2 aliphatic rings. The molecule has 3 atom stereocenters. The van der Waals surface area contributed by atoms with E-state index in [4.69, 9.17) is 0 Å². The predicted octanol–water partition coefficient (Wildman–Crippen LogP) is 3.07. The maximum Gasteiger partial charge on any atom is 0.260 e. The van der Waals surface area contributed by atoms with Crippen molar-refractivity contribution >= 4 is 17.5 Å². The maximum atomic E-state index is 13.2. The first-order valence-corrected chi connectivity index (χ1v) is 10.3. The van der Waals surface area contributed by atoms with Crippen molar-refractivity contribution in [2.24, 2.45) is 5.92 Å². The summed E-state index contributed by atoms with van der Waals surface area (Å²) in [7, 11) is 0. The van der Waals surface area contributed by atoms with Gasteiger partial charge in [-0.2, -0.15) is 0 Å². The van der Waals surface area contributed by atoms with Crippen molar-refractivity contribution < 1.29 is 18.7 Å². The summed E-state index contributed by atoms with van der Waals surface area (Å²) in [5.41, 5.74) is 2.84. The third kappa shape index (κ3) is 4.59. The molecule has 0 aromatic carbocycles. The van der Waals surface area contributed by atoms with Crippen molar-refractivity contribution in [1.82, 2.24) is 20.3 Å². The number of carbonyl (C=O) groups is 1. The van der Waals surface area contributed by atoms with E-state index in [1.165, 1.54) is 12.4 Å². The Morgan fingerprint density at radius 1 is 1.38 bits per heavy atom. The summed E-state index contributed by atoms with van der Waals surface area (Å²) < 4.78 is 26.3. The Balaban J connectivity index is 1.53. The molecule has 168 valence electrons. The topological polar surface area (TPSA) is 112 Å². The van der Waals surface area contributed by atoms with E-state index >= 15 is 0 Å². The number of rotatable bonds is 7. The van der Waals surface area contributed by atoms with Gasteiger partial charge in [-0.25, -0.2) is 23.7 Å². The lowest BCUT2D eigenvalue weighted by Crippen LogP contribution is -2.37. The molecule has 4 rings (SSSR count). The van der Waals surface area contributed by atoms with Crippen LogP contribution in [-0.2, 0) is 4.79 Å². The summed E-state index contributed by atoms with van der Waals surface area (Å²) in [4.78, 5) is 24.6. The highest BCUT2D eigenvalue weighted by Crippen LogP contribution is 2.49. The number of hydrogen-bond donors (Lipinski definition) is 4. The van der Waals surface area contributed by atoms with E-state index in [9.17, 15) is 18.7 Å². The third-order valence-electron chi connectivity index (χ3n) is 5.50. The van der Waals surface area contributed by atoms with Crippen LogP contribution in [0.1, 0.15) is 26.7 Å². The minimum absolute atomic E-state index is 0.142. The van der Waals surface area contributed by atoms with Crippen LogP contribution in [-0.4, -0.2) is 44.0 Å². The fraction of sp³-hybridized carbons (Fsp3) is 0.364. The zero-order valence-electron chi connectivity index (χ0n) is 17.6. The number of anilines is 2. The van der Waals surface area contributed by atoms with E-state index in [0.717, 1.165) is 11.3 Å². The van der Waals surface area contributed by atoms with E-state index in [2.05, 4.69) is 30.9 Å². The molecule has 32 heavy (non-hydrogen) atoms. The number of amides is 1. The molecule has 1 aliphatic carbocycles. The summed E-state index contributed by atoms with van der Waals surface area (Å²) in [6.07, 6.45) is 6.33. The molecule has 3 heterocycles. The van der Waals surface area contributed by atoms with Gasteiger partial charge in [-0.1, -0.05) is 13.0 Å². The maximum absolute atomic E-state index is 13.2. The lowest BCUT2D eigenvalue weighted by molar-refractivity contribution is -0.119. The largest absolute Gasteiger partial charge is 0.391 e. The van der Waals surface area contributed by atoms with Crippen LogP contribution < -0.4 is 16.0 Å². The molecule has 0 saturated heterocycles. The van der Waals surface area contributed by atoms with Gasteiger partial charge in [-0.05, 0) is 31.1 Å². The molecule has 8 nitrogen and oxygen atoms in total. The Labute approximate surface area is 183 Å². The number of dihydropyridines is 1. The summed E-state index contributed by atoms with van der Waals surface area (Å²) in [6, 6.07) is 4.90. The number of aromatic nitrogens is 3. The Morgan fingerprint density at radius 2 is 2.16 bits per heavy atom. The summed E-state index contributed by atoms with van der Waals surface area (Å²) >= 11 is 0. The first-order chi connectivity index (χ1) is 15.3. The van der Waals surface area contributed by atoms with Crippen molar-refractivity contribution in [3.8, 4) is 11.3 Å². The number of allylic oxidation sites excluding steroid dienone is 1. The van der Waals surface area contributed by atoms with Crippen LogP contribution >= 0.6 is 0 Å². The van der Waals surface area contributed by atoms with Crippen molar-refractivity contribution in [2.75, 3.05) is 10.6 Å². The van der Waals surface area contributed by atoms with Gasteiger partial charge in [-0.15, -0.1) is 0 Å². The third-order valence-corrected chi connectivity index (χ3v) is 5.50. The van der Waals surface area contributed by atoms with Crippen molar-refractivity contribution in [3.63, 3.8) is 0 Å².